The zero-order valence-corrected chi connectivity index (χ0v) is 18.3. The monoisotopic (exact) mass is 449 g/mol. The highest BCUT2D eigenvalue weighted by Crippen LogP contribution is 2.36. The fraction of sp³-hybridized carbons (Fsp3) is 0.304. The van der Waals surface area contributed by atoms with Gasteiger partial charge >= 0.3 is 12.1 Å². The van der Waals surface area contributed by atoms with E-state index in [2.05, 4.69) is 4.98 Å². The summed E-state index contributed by atoms with van der Waals surface area (Å²) < 4.78 is 44.4. The molecule has 0 aliphatic carbocycles. The number of carboxylic acids is 1. The van der Waals surface area contributed by atoms with Crippen molar-refractivity contribution in [3.8, 4) is 16.3 Å². The number of ether oxygens (including phenoxy) is 1. The van der Waals surface area contributed by atoms with Crippen molar-refractivity contribution in [2.24, 2.45) is 0 Å². The number of thiazole rings is 1. The Bertz CT molecular complexity index is 1090. The molecule has 0 aliphatic heterocycles. The summed E-state index contributed by atoms with van der Waals surface area (Å²) in [4.78, 5) is 16.6. The SMILES string of the molecule is Cc1cc(OC(C)c2sc(-c3ccc(C(F)(F)F)cc3)nc2C)ccc1C(C)C(=O)O. The van der Waals surface area contributed by atoms with Crippen molar-refractivity contribution >= 4 is 17.3 Å². The minimum Gasteiger partial charge on any atom is -0.485 e. The Morgan fingerprint density at radius 3 is 2.29 bits per heavy atom. The van der Waals surface area contributed by atoms with Crippen LogP contribution in [-0.2, 0) is 11.0 Å². The smallest absolute Gasteiger partial charge is 0.416 e. The van der Waals surface area contributed by atoms with Crippen molar-refractivity contribution in [2.45, 2.75) is 45.9 Å². The molecule has 8 heteroatoms. The normalized spacial score (nSPS) is 13.6. The van der Waals surface area contributed by atoms with Crippen LogP contribution < -0.4 is 4.74 Å². The molecule has 164 valence electrons. The van der Waals surface area contributed by atoms with Crippen molar-refractivity contribution < 1.29 is 27.8 Å². The molecule has 1 aromatic heterocycles. The standard InChI is InChI=1S/C23H22F3NO3S/c1-12-11-18(9-10-19(12)13(2)22(28)29)30-15(4)20-14(3)27-21(31-20)16-5-7-17(8-6-16)23(24,25)26/h5-11,13,15H,1-4H3,(H,28,29). The lowest BCUT2D eigenvalue weighted by Gasteiger charge is -2.16. The van der Waals surface area contributed by atoms with Gasteiger partial charge in [-0.05, 0) is 63.1 Å². The molecule has 0 bridgehead atoms. The van der Waals surface area contributed by atoms with Gasteiger partial charge in [-0.1, -0.05) is 18.2 Å². The van der Waals surface area contributed by atoms with E-state index in [1.54, 1.807) is 25.1 Å². The second kappa shape index (κ2) is 8.70. The first-order valence-electron chi connectivity index (χ1n) is 9.62. The van der Waals surface area contributed by atoms with E-state index < -0.39 is 23.6 Å². The number of hydrogen-bond acceptors (Lipinski definition) is 4. The highest BCUT2D eigenvalue weighted by Gasteiger charge is 2.30. The number of alkyl halides is 3. The predicted octanol–water partition coefficient (Wildman–Crippen LogP) is 6.77. The average Bonchev–Trinajstić information content (AvgIpc) is 3.09. The molecule has 0 saturated carbocycles. The predicted molar refractivity (Wildman–Crippen MR) is 114 cm³/mol. The summed E-state index contributed by atoms with van der Waals surface area (Å²) in [6, 6.07) is 10.2. The van der Waals surface area contributed by atoms with E-state index in [0.29, 0.717) is 16.3 Å². The molecule has 3 aromatic rings. The molecule has 0 fully saturated rings. The summed E-state index contributed by atoms with van der Waals surface area (Å²) in [5.74, 6) is -0.891. The van der Waals surface area contributed by atoms with Gasteiger partial charge in [0.1, 0.15) is 16.9 Å². The van der Waals surface area contributed by atoms with Crippen LogP contribution in [0, 0.1) is 13.8 Å². The Kier molecular flexibility index (Phi) is 6.40. The Labute approximate surface area is 182 Å². The summed E-state index contributed by atoms with van der Waals surface area (Å²) in [5, 5.41) is 9.84. The first kappa shape index (κ1) is 22.8. The van der Waals surface area contributed by atoms with Gasteiger partial charge < -0.3 is 9.84 Å². The molecule has 2 atom stereocenters. The number of carboxylic acid groups (broad SMARTS) is 1. The Morgan fingerprint density at radius 2 is 1.74 bits per heavy atom. The molecule has 2 unspecified atom stereocenters. The highest BCUT2D eigenvalue weighted by atomic mass is 32.1. The third-order valence-corrected chi connectivity index (χ3v) is 6.42. The molecule has 0 radical (unpaired) electrons. The average molecular weight is 449 g/mol. The van der Waals surface area contributed by atoms with Crippen LogP contribution in [0.5, 0.6) is 5.75 Å². The van der Waals surface area contributed by atoms with Crippen LogP contribution in [0.4, 0.5) is 13.2 Å². The topological polar surface area (TPSA) is 59.4 Å². The molecule has 3 rings (SSSR count). The quantitative estimate of drug-likeness (QED) is 0.451. The number of nitrogens with zero attached hydrogens (tertiary/aromatic N) is 1. The number of aromatic nitrogens is 1. The van der Waals surface area contributed by atoms with Gasteiger partial charge in [0.15, 0.2) is 0 Å². The number of rotatable bonds is 6. The first-order valence-corrected chi connectivity index (χ1v) is 10.4. The van der Waals surface area contributed by atoms with Gasteiger partial charge in [0.25, 0.3) is 0 Å². The van der Waals surface area contributed by atoms with Gasteiger partial charge in [-0.25, -0.2) is 4.98 Å². The van der Waals surface area contributed by atoms with E-state index in [9.17, 15) is 23.1 Å². The van der Waals surface area contributed by atoms with E-state index in [-0.39, 0.29) is 6.10 Å². The van der Waals surface area contributed by atoms with E-state index in [1.165, 1.54) is 23.5 Å². The zero-order chi connectivity index (χ0) is 22.9. The largest absolute Gasteiger partial charge is 0.485 e. The number of aliphatic carboxylic acids is 1. The van der Waals surface area contributed by atoms with E-state index in [1.807, 2.05) is 20.8 Å². The Morgan fingerprint density at radius 1 is 1.10 bits per heavy atom. The second-order valence-electron chi connectivity index (χ2n) is 7.38. The van der Waals surface area contributed by atoms with Gasteiger partial charge in [0.05, 0.1) is 22.1 Å². The van der Waals surface area contributed by atoms with Gasteiger partial charge in [0, 0.05) is 5.56 Å². The van der Waals surface area contributed by atoms with Crippen LogP contribution in [-0.4, -0.2) is 16.1 Å². The molecule has 0 amide bonds. The molecular formula is C23H22F3NO3S. The molecule has 1 heterocycles. The highest BCUT2D eigenvalue weighted by molar-refractivity contribution is 7.15. The maximum Gasteiger partial charge on any atom is 0.416 e. The lowest BCUT2D eigenvalue weighted by Crippen LogP contribution is -2.09. The van der Waals surface area contributed by atoms with E-state index in [0.717, 1.165) is 33.8 Å². The minimum absolute atomic E-state index is 0.331. The van der Waals surface area contributed by atoms with Crippen molar-refractivity contribution in [3.05, 3.63) is 69.7 Å². The van der Waals surface area contributed by atoms with Crippen LogP contribution in [0.15, 0.2) is 42.5 Å². The van der Waals surface area contributed by atoms with Crippen molar-refractivity contribution in [1.29, 1.82) is 0 Å². The number of benzene rings is 2. The summed E-state index contributed by atoms with van der Waals surface area (Å²) in [6.45, 7) is 7.19. The summed E-state index contributed by atoms with van der Waals surface area (Å²) in [7, 11) is 0. The molecule has 0 aliphatic rings. The third-order valence-electron chi connectivity index (χ3n) is 5.05. The number of hydrogen-bond donors (Lipinski definition) is 1. The molecule has 1 N–H and O–H groups in total. The number of carbonyl (C=O) groups is 1. The third kappa shape index (κ3) is 5.07. The first-order chi connectivity index (χ1) is 14.5. The molecular weight excluding hydrogens is 427 g/mol. The fourth-order valence-electron chi connectivity index (χ4n) is 3.31. The van der Waals surface area contributed by atoms with Gasteiger partial charge in [-0.15, -0.1) is 11.3 Å². The Balaban J connectivity index is 1.79. The lowest BCUT2D eigenvalue weighted by atomic mass is 9.96. The number of halogens is 3. The van der Waals surface area contributed by atoms with Crippen LogP contribution >= 0.6 is 11.3 Å². The van der Waals surface area contributed by atoms with Gasteiger partial charge in [0.2, 0.25) is 0 Å². The molecule has 0 saturated heterocycles. The molecule has 2 aromatic carbocycles. The maximum atomic E-state index is 12.8. The molecule has 0 spiro atoms. The zero-order valence-electron chi connectivity index (χ0n) is 17.4. The van der Waals surface area contributed by atoms with Crippen LogP contribution in [0.25, 0.3) is 10.6 Å². The molecule has 31 heavy (non-hydrogen) atoms. The van der Waals surface area contributed by atoms with Crippen molar-refractivity contribution in [1.82, 2.24) is 4.98 Å². The fourth-order valence-corrected chi connectivity index (χ4v) is 4.36. The van der Waals surface area contributed by atoms with E-state index in [4.69, 9.17) is 4.74 Å². The van der Waals surface area contributed by atoms with Gasteiger partial charge in [-0.2, -0.15) is 13.2 Å². The second-order valence-corrected chi connectivity index (χ2v) is 8.41. The summed E-state index contributed by atoms with van der Waals surface area (Å²) in [6.07, 6.45) is -4.70. The van der Waals surface area contributed by atoms with Crippen molar-refractivity contribution in [3.63, 3.8) is 0 Å². The minimum atomic E-state index is -4.37. The van der Waals surface area contributed by atoms with Crippen LogP contribution in [0.3, 0.4) is 0 Å². The maximum absolute atomic E-state index is 12.8. The number of aryl methyl sites for hydroxylation is 2. The van der Waals surface area contributed by atoms with Gasteiger partial charge in [-0.3, -0.25) is 4.79 Å². The lowest BCUT2D eigenvalue weighted by molar-refractivity contribution is -0.138. The van der Waals surface area contributed by atoms with E-state index >= 15 is 0 Å². The molecule has 4 nitrogen and oxygen atoms in total. The Hall–Kier alpha value is -2.87. The summed E-state index contributed by atoms with van der Waals surface area (Å²) >= 11 is 1.37. The summed E-state index contributed by atoms with van der Waals surface area (Å²) in [5.41, 5.74) is 2.22. The van der Waals surface area contributed by atoms with Crippen LogP contribution in [0.2, 0.25) is 0 Å². The van der Waals surface area contributed by atoms with Crippen LogP contribution in [0.1, 0.15) is 53.1 Å². The van der Waals surface area contributed by atoms with Crippen molar-refractivity contribution in [2.75, 3.05) is 0 Å².